The van der Waals surface area contributed by atoms with Crippen LogP contribution in [0.2, 0.25) is 0 Å². The SMILES string of the molecule is CC1(C)OB(C(=Cc2cc(N)ccc2OC(F)(F)F)CS)OC1(C)C. The molecule has 0 aromatic heterocycles. The van der Waals surface area contributed by atoms with Gasteiger partial charge < -0.3 is 19.8 Å². The fourth-order valence-electron chi connectivity index (χ4n) is 2.28. The van der Waals surface area contributed by atoms with E-state index >= 15 is 0 Å². The van der Waals surface area contributed by atoms with Gasteiger partial charge in [0.15, 0.2) is 0 Å². The van der Waals surface area contributed by atoms with E-state index in [-0.39, 0.29) is 17.1 Å². The number of ether oxygens (including phenoxy) is 1. The number of hydrogen-bond acceptors (Lipinski definition) is 5. The van der Waals surface area contributed by atoms with Gasteiger partial charge in [-0.15, -0.1) is 13.2 Å². The molecule has 1 fully saturated rings. The highest BCUT2D eigenvalue weighted by atomic mass is 32.1. The summed E-state index contributed by atoms with van der Waals surface area (Å²) in [5.74, 6) is -0.116. The van der Waals surface area contributed by atoms with E-state index in [0.717, 1.165) is 0 Å². The Labute approximate surface area is 151 Å². The first-order chi connectivity index (χ1) is 11.3. The molecule has 2 N–H and O–H groups in total. The minimum absolute atomic E-state index is 0.177. The Morgan fingerprint density at radius 1 is 1.24 bits per heavy atom. The Balaban J connectivity index is 2.39. The number of benzene rings is 1. The molecule has 4 nitrogen and oxygen atoms in total. The molecule has 0 spiro atoms. The van der Waals surface area contributed by atoms with Crippen molar-refractivity contribution in [2.45, 2.75) is 45.3 Å². The lowest BCUT2D eigenvalue weighted by atomic mass is 9.78. The monoisotopic (exact) mass is 375 g/mol. The molecule has 1 aliphatic heterocycles. The van der Waals surface area contributed by atoms with Gasteiger partial charge in [0.25, 0.3) is 0 Å². The predicted molar refractivity (Wildman–Crippen MR) is 95.4 cm³/mol. The lowest BCUT2D eigenvalue weighted by Gasteiger charge is -2.32. The van der Waals surface area contributed by atoms with E-state index in [1.165, 1.54) is 24.3 Å². The number of rotatable bonds is 4. The molecule has 25 heavy (non-hydrogen) atoms. The molecule has 1 aliphatic rings. The van der Waals surface area contributed by atoms with Crippen molar-refractivity contribution in [3.8, 4) is 5.75 Å². The van der Waals surface area contributed by atoms with Crippen LogP contribution in [-0.4, -0.2) is 30.4 Å². The molecule has 0 atom stereocenters. The fraction of sp³-hybridized carbons (Fsp3) is 0.500. The Hall–Kier alpha value is -1.32. The van der Waals surface area contributed by atoms with Crippen molar-refractivity contribution in [1.82, 2.24) is 0 Å². The molecular weight excluding hydrogens is 354 g/mol. The van der Waals surface area contributed by atoms with E-state index in [2.05, 4.69) is 17.4 Å². The number of nitrogens with two attached hydrogens (primary N) is 1. The van der Waals surface area contributed by atoms with Crippen molar-refractivity contribution in [1.29, 1.82) is 0 Å². The van der Waals surface area contributed by atoms with Crippen molar-refractivity contribution in [2.24, 2.45) is 0 Å². The van der Waals surface area contributed by atoms with Crippen LogP contribution in [0.15, 0.2) is 23.7 Å². The van der Waals surface area contributed by atoms with Crippen molar-refractivity contribution in [3.63, 3.8) is 0 Å². The first-order valence-electron chi connectivity index (χ1n) is 7.67. The van der Waals surface area contributed by atoms with Gasteiger partial charge in [-0.2, -0.15) is 12.6 Å². The van der Waals surface area contributed by atoms with E-state index in [9.17, 15) is 13.2 Å². The Morgan fingerprint density at radius 2 is 1.80 bits per heavy atom. The van der Waals surface area contributed by atoms with Gasteiger partial charge in [0.1, 0.15) is 5.75 Å². The number of alkyl halides is 3. The van der Waals surface area contributed by atoms with Gasteiger partial charge in [0.05, 0.1) is 11.2 Å². The van der Waals surface area contributed by atoms with Crippen LogP contribution in [0, 0.1) is 0 Å². The van der Waals surface area contributed by atoms with Crippen LogP contribution in [0.3, 0.4) is 0 Å². The number of hydrogen-bond donors (Lipinski definition) is 2. The number of halogens is 3. The zero-order valence-electron chi connectivity index (χ0n) is 14.5. The van der Waals surface area contributed by atoms with Crippen molar-refractivity contribution in [2.75, 3.05) is 11.5 Å². The zero-order valence-corrected chi connectivity index (χ0v) is 15.4. The minimum atomic E-state index is -4.80. The van der Waals surface area contributed by atoms with Gasteiger partial charge >= 0.3 is 13.5 Å². The van der Waals surface area contributed by atoms with E-state index in [1.54, 1.807) is 0 Å². The van der Waals surface area contributed by atoms with Crippen LogP contribution in [0.25, 0.3) is 6.08 Å². The molecular formula is C16H21BF3NO3S. The maximum atomic E-state index is 12.6. The number of thiol groups is 1. The summed E-state index contributed by atoms with van der Waals surface area (Å²) in [6.07, 6.45) is -3.29. The van der Waals surface area contributed by atoms with Crippen LogP contribution in [0.4, 0.5) is 18.9 Å². The highest BCUT2D eigenvalue weighted by Crippen LogP contribution is 2.39. The molecule has 2 rings (SSSR count). The zero-order chi connectivity index (χ0) is 19.0. The normalized spacial score (nSPS) is 20.0. The van der Waals surface area contributed by atoms with Crippen LogP contribution < -0.4 is 10.5 Å². The smallest absolute Gasteiger partial charge is 0.405 e. The maximum Gasteiger partial charge on any atom is 0.573 e. The van der Waals surface area contributed by atoms with Gasteiger partial charge in [0, 0.05) is 17.0 Å². The lowest BCUT2D eigenvalue weighted by Crippen LogP contribution is -2.41. The molecule has 1 heterocycles. The third-order valence-corrected chi connectivity index (χ3v) is 4.70. The summed E-state index contributed by atoms with van der Waals surface area (Å²) in [7, 11) is -0.720. The Morgan fingerprint density at radius 3 is 2.28 bits per heavy atom. The van der Waals surface area contributed by atoms with E-state index in [1.807, 2.05) is 27.7 Å². The molecule has 0 amide bonds. The lowest BCUT2D eigenvalue weighted by molar-refractivity contribution is -0.274. The standard InChI is InChI=1S/C16H21BF3NO3S/c1-14(2)15(3,4)24-17(23-14)11(9-25)7-10-8-12(21)5-6-13(10)22-16(18,19)20/h5-8,25H,9,21H2,1-4H3. The molecule has 0 saturated carbocycles. The molecule has 138 valence electrons. The molecule has 1 saturated heterocycles. The summed E-state index contributed by atoms with van der Waals surface area (Å²) in [6, 6.07) is 3.92. The molecule has 0 bridgehead atoms. The van der Waals surface area contributed by atoms with Crippen molar-refractivity contribution in [3.05, 3.63) is 29.2 Å². The van der Waals surface area contributed by atoms with Gasteiger partial charge in [-0.25, -0.2) is 0 Å². The van der Waals surface area contributed by atoms with Crippen LogP contribution in [0.1, 0.15) is 33.3 Å². The number of anilines is 1. The number of nitrogen functional groups attached to an aromatic ring is 1. The topological polar surface area (TPSA) is 53.7 Å². The third-order valence-electron chi connectivity index (χ3n) is 4.34. The maximum absolute atomic E-state index is 12.6. The van der Waals surface area contributed by atoms with Gasteiger partial charge in [-0.3, -0.25) is 0 Å². The molecule has 1 aromatic carbocycles. The summed E-state index contributed by atoms with van der Waals surface area (Å²) in [5.41, 5.74) is 5.62. The average molecular weight is 375 g/mol. The first-order valence-corrected chi connectivity index (χ1v) is 8.30. The largest absolute Gasteiger partial charge is 0.573 e. The average Bonchev–Trinajstić information content (AvgIpc) is 2.66. The summed E-state index contributed by atoms with van der Waals surface area (Å²) in [6.45, 7) is 7.56. The van der Waals surface area contributed by atoms with E-state index in [0.29, 0.717) is 11.2 Å². The van der Waals surface area contributed by atoms with Gasteiger partial charge in [-0.05, 0) is 51.4 Å². The molecule has 1 aromatic rings. The third kappa shape index (κ3) is 4.65. The van der Waals surface area contributed by atoms with Crippen molar-refractivity contribution >= 4 is 31.5 Å². The quantitative estimate of drug-likeness (QED) is 0.473. The van der Waals surface area contributed by atoms with Crippen LogP contribution in [-0.2, 0) is 9.31 Å². The Bertz CT molecular complexity index is 661. The second kappa shape index (κ2) is 6.77. The van der Waals surface area contributed by atoms with E-state index in [4.69, 9.17) is 15.0 Å². The molecule has 9 heteroatoms. The highest BCUT2D eigenvalue weighted by molar-refractivity contribution is 7.80. The van der Waals surface area contributed by atoms with E-state index < -0.39 is 24.7 Å². The fourth-order valence-corrected chi connectivity index (χ4v) is 2.52. The predicted octanol–water partition coefficient (Wildman–Crippen LogP) is 4.11. The minimum Gasteiger partial charge on any atom is -0.405 e. The molecule has 0 radical (unpaired) electrons. The summed E-state index contributed by atoms with van der Waals surface area (Å²) >= 11 is 4.26. The first kappa shape index (κ1) is 20.0. The Kier molecular flexibility index (Phi) is 5.42. The van der Waals surface area contributed by atoms with Crippen LogP contribution >= 0.6 is 12.6 Å². The summed E-state index contributed by atoms with van der Waals surface area (Å²) in [4.78, 5) is 0. The van der Waals surface area contributed by atoms with Crippen LogP contribution in [0.5, 0.6) is 5.75 Å². The summed E-state index contributed by atoms with van der Waals surface area (Å²) in [5, 5.41) is 0. The second-order valence-corrected chi connectivity index (χ2v) is 7.13. The van der Waals surface area contributed by atoms with Gasteiger partial charge in [-0.1, -0.05) is 6.08 Å². The molecule has 0 aliphatic carbocycles. The van der Waals surface area contributed by atoms with Gasteiger partial charge in [0.2, 0.25) is 0 Å². The van der Waals surface area contributed by atoms with Crippen molar-refractivity contribution < 1.29 is 27.2 Å². The highest BCUT2D eigenvalue weighted by Gasteiger charge is 2.52. The summed E-state index contributed by atoms with van der Waals surface area (Å²) < 4.78 is 53.7. The molecule has 0 unspecified atom stereocenters. The second-order valence-electron chi connectivity index (χ2n) is 6.81.